The maximum absolute atomic E-state index is 13.1. The number of carbonyl (C=O) groups excluding carboxylic acids is 1. The van der Waals surface area contributed by atoms with Crippen LogP contribution in [0.5, 0.6) is 0 Å². The van der Waals surface area contributed by atoms with Gasteiger partial charge in [0.2, 0.25) is 5.91 Å². The van der Waals surface area contributed by atoms with Crippen LogP contribution >= 0.6 is 11.6 Å². The molecule has 1 aliphatic heterocycles. The molecule has 4 aliphatic rings. The molecule has 1 saturated carbocycles. The number of carboxylic acid groups (broad SMARTS) is 1. The van der Waals surface area contributed by atoms with Crippen molar-refractivity contribution in [1.29, 1.82) is 0 Å². The summed E-state index contributed by atoms with van der Waals surface area (Å²) >= 11 is 6.07. The summed E-state index contributed by atoms with van der Waals surface area (Å²) in [6, 6.07) is 7.74. The number of hydrogen-bond donors (Lipinski definition) is 1. The van der Waals surface area contributed by atoms with Gasteiger partial charge in [-0.1, -0.05) is 29.8 Å². The lowest BCUT2D eigenvalue weighted by Crippen LogP contribution is -2.55. The van der Waals surface area contributed by atoms with E-state index < -0.39 is 17.8 Å². The summed E-state index contributed by atoms with van der Waals surface area (Å²) in [5.41, 5.74) is 1.06. The highest BCUT2D eigenvalue weighted by atomic mass is 35.5. The molecule has 1 amide bonds. The lowest BCUT2D eigenvalue weighted by Gasteiger charge is -2.45. The van der Waals surface area contributed by atoms with Crippen molar-refractivity contribution in [2.45, 2.75) is 12.8 Å². The second kappa shape index (κ2) is 6.95. The minimum absolute atomic E-state index is 0.000741. The summed E-state index contributed by atoms with van der Waals surface area (Å²) in [4.78, 5) is 29.0. The van der Waals surface area contributed by atoms with E-state index >= 15 is 0 Å². The van der Waals surface area contributed by atoms with E-state index in [2.05, 4.69) is 11.0 Å². The van der Waals surface area contributed by atoms with Gasteiger partial charge in [0, 0.05) is 36.9 Å². The number of allylic oxidation sites excluding steroid dienone is 2. The Hall–Kier alpha value is -2.01. The van der Waals surface area contributed by atoms with Crippen LogP contribution in [0, 0.1) is 23.7 Å². The first-order chi connectivity index (χ1) is 12.5. The van der Waals surface area contributed by atoms with E-state index in [-0.39, 0.29) is 17.7 Å². The lowest BCUT2D eigenvalue weighted by molar-refractivity contribution is -0.156. The van der Waals surface area contributed by atoms with Crippen molar-refractivity contribution in [3.05, 3.63) is 41.4 Å². The van der Waals surface area contributed by atoms with Crippen LogP contribution in [0.15, 0.2) is 36.4 Å². The molecule has 6 heteroatoms. The van der Waals surface area contributed by atoms with Crippen molar-refractivity contribution in [1.82, 2.24) is 4.90 Å². The summed E-state index contributed by atoms with van der Waals surface area (Å²) in [7, 11) is 0. The Kier molecular flexibility index (Phi) is 4.65. The molecule has 0 spiro atoms. The van der Waals surface area contributed by atoms with Crippen LogP contribution in [0.1, 0.15) is 12.8 Å². The number of aliphatic carboxylic acids is 1. The topological polar surface area (TPSA) is 60.9 Å². The zero-order valence-electron chi connectivity index (χ0n) is 14.6. The molecule has 2 bridgehead atoms. The molecule has 0 unspecified atom stereocenters. The number of halogens is 1. The first-order valence-electron chi connectivity index (χ1n) is 9.25. The summed E-state index contributed by atoms with van der Waals surface area (Å²) in [6.45, 7) is 2.71. The van der Waals surface area contributed by atoms with Crippen molar-refractivity contribution >= 4 is 29.2 Å². The predicted octanol–water partition coefficient (Wildman–Crippen LogP) is 2.90. The molecule has 5 rings (SSSR count). The Labute approximate surface area is 158 Å². The van der Waals surface area contributed by atoms with Gasteiger partial charge < -0.3 is 14.9 Å². The number of piperazine rings is 1. The van der Waals surface area contributed by atoms with Gasteiger partial charge in [-0.05, 0) is 42.9 Å². The van der Waals surface area contributed by atoms with Crippen LogP contribution in [0.2, 0.25) is 5.02 Å². The van der Waals surface area contributed by atoms with Crippen LogP contribution in [0.25, 0.3) is 0 Å². The van der Waals surface area contributed by atoms with Crippen molar-refractivity contribution in [3.8, 4) is 0 Å². The van der Waals surface area contributed by atoms with Gasteiger partial charge >= 0.3 is 5.97 Å². The number of amides is 1. The molecule has 0 aromatic heterocycles. The zero-order valence-corrected chi connectivity index (χ0v) is 15.3. The summed E-state index contributed by atoms with van der Waals surface area (Å²) in [5, 5.41) is 10.4. The van der Waals surface area contributed by atoms with Gasteiger partial charge in [0.1, 0.15) is 0 Å². The average molecular weight is 375 g/mol. The summed E-state index contributed by atoms with van der Waals surface area (Å²) in [6.07, 6.45) is 5.88. The zero-order chi connectivity index (χ0) is 18.3. The highest BCUT2D eigenvalue weighted by molar-refractivity contribution is 6.30. The number of nitrogens with zero attached hydrogens (tertiary/aromatic N) is 2. The number of hydrogen-bond acceptors (Lipinski definition) is 3. The molecule has 1 aromatic rings. The van der Waals surface area contributed by atoms with E-state index in [0.717, 1.165) is 31.6 Å². The molecule has 3 aliphatic carbocycles. The monoisotopic (exact) mass is 374 g/mol. The molecule has 1 saturated heterocycles. The molecule has 1 N–H and O–H groups in total. The number of carboxylic acids is 1. The number of rotatable bonds is 3. The smallest absolute Gasteiger partial charge is 0.307 e. The first-order valence-corrected chi connectivity index (χ1v) is 9.63. The average Bonchev–Trinajstić information content (AvgIpc) is 2.67. The predicted molar refractivity (Wildman–Crippen MR) is 100 cm³/mol. The minimum Gasteiger partial charge on any atom is -0.481 e. The molecule has 2 fully saturated rings. The second-order valence-corrected chi connectivity index (χ2v) is 7.91. The van der Waals surface area contributed by atoms with Gasteiger partial charge in [-0.25, -0.2) is 0 Å². The van der Waals surface area contributed by atoms with E-state index in [4.69, 9.17) is 11.6 Å². The first kappa shape index (κ1) is 17.4. The van der Waals surface area contributed by atoms with E-state index in [9.17, 15) is 14.7 Å². The summed E-state index contributed by atoms with van der Waals surface area (Å²) < 4.78 is 0. The Bertz CT molecular complexity index is 742. The number of fused-ring (bicyclic) bond motifs is 2. The number of carbonyl (C=O) groups is 2. The van der Waals surface area contributed by atoms with Crippen molar-refractivity contribution in [2.24, 2.45) is 23.7 Å². The third-order valence-electron chi connectivity index (χ3n) is 6.08. The molecule has 4 atom stereocenters. The van der Waals surface area contributed by atoms with E-state index in [1.165, 1.54) is 0 Å². The fraction of sp³-hybridized carbons (Fsp3) is 0.500. The molecular weight excluding hydrogens is 352 g/mol. The maximum atomic E-state index is 13.1. The molecular formula is C20H23ClN2O3. The summed E-state index contributed by atoms with van der Waals surface area (Å²) in [5.74, 6) is -1.73. The molecule has 1 aromatic carbocycles. The van der Waals surface area contributed by atoms with Crippen molar-refractivity contribution in [3.63, 3.8) is 0 Å². The van der Waals surface area contributed by atoms with E-state index in [1.807, 2.05) is 35.2 Å². The lowest BCUT2D eigenvalue weighted by atomic mass is 9.62. The molecule has 1 heterocycles. The Balaban J connectivity index is 1.45. The highest BCUT2D eigenvalue weighted by Crippen LogP contribution is 2.45. The van der Waals surface area contributed by atoms with Crippen LogP contribution in [0.4, 0.5) is 5.69 Å². The molecule has 5 nitrogen and oxygen atoms in total. The third-order valence-corrected chi connectivity index (χ3v) is 6.32. The van der Waals surface area contributed by atoms with Crippen molar-refractivity contribution < 1.29 is 14.7 Å². The van der Waals surface area contributed by atoms with Gasteiger partial charge in [-0.3, -0.25) is 9.59 Å². The SMILES string of the molecule is O=C(O)[C@@H]1[C@@H](C(=O)N2CCN(c3cccc(Cl)c3)CC2)[C@H]2C=C[C@H]1CC2. The minimum atomic E-state index is -0.833. The van der Waals surface area contributed by atoms with E-state index in [0.29, 0.717) is 18.1 Å². The highest BCUT2D eigenvalue weighted by Gasteiger charge is 2.49. The third kappa shape index (κ3) is 3.09. The Morgan fingerprint density at radius 3 is 2.23 bits per heavy atom. The van der Waals surface area contributed by atoms with Crippen LogP contribution in [-0.2, 0) is 9.59 Å². The van der Waals surface area contributed by atoms with Crippen LogP contribution in [-0.4, -0.2) is 48.1 Å². The van der Waals surface area contributed by atoms with Crippen molar-refractivity contribution in [2.75, 3.05) is 31.1 Å². The Morgan fingerprint density at radius 2 is 1.65 bits per heavy atom. The van der Waals surface area contributed by atoms with E-state index in [1.54, 1.807) is 0 Å². The van der Waals surface area contributed by atoms with Gasteiger partial charge in [-0.2, -0.15) is 0 Å². The van der Waals surface area contributed by atoms with Crippen LogP contribution in [0.3, 0.4) is 0 Å². The fourth-order valence-electron chi connectivity index (χ4n) is 4.74. The molecule has 26 heavy (non-hydrogen) atoms. The largest absolute Gasteiger partial charge is 0.481 e. The van der Waals surface area contributed by atoms with Gasteiger partial charge in [0.05, 0.1) is 11.8 Å². The normalized spacial score (nSPS) is 30.5. The molecule has 138 valence electrons. The second-order valence-electron chi connectivity index (χ2n) is 7.47. The number of anilines is 1. The van der Waals surface area contributed by atoms with Crippen LogP contribution < -0.4 is 4.90 Å². The number of benzene rings is 1. The maximum Gasteiger partial charge on any atom is 0.307 e. The fourth-order valence-corrected chi connectivity index (χ4v) is 4.92. The van der Waals surface area contributed by atoms with Gasteiger partial charge in [0.15, 0.2) is 0 Å². The Morgan fingerprint density at radius 1 is 1.00 bits per heavy atom. The van der Waals surface area contributed by atoms with Gasteiger partial charge in [-0.15, -0.1) is 0 Å². The standard InChI is InChI=1S/C20H23ClN2O3/c21-15-2-1-3-16(12-15)22-8-10-23(11-9-22)19(24)17-13-4-6-14(7-5-13)18(17)20(25)26/h1-4,6,12-14,17-18H,5,7-11H2,(H,25,26)/t13-,14-,17-,18-/m0/s1. The van der Waals surface area contributed by atoms with Gasteiger partial charge in [0.25, 0.3) is 0 Å². The quantitative estimate of drug-likeness (QED) is 0.826. The molecule has 0 radical (unpaired) electrons.